The Morgan fingerprint density at radius 2 is 1.89 bits per heavy atom. The van der Waals surface area contributed by atoms with E-state index in [0.717, 1.165) is 24.9 Å². The first-order valence-electron chi connectivity index (χ1n) is 11.4. The lowest BCUT2D eigenvalue weighted by molar-refractivity contribution is -0.139. The Hall–Kier alpha value is -2.03. The number of halogens is 2. The van der Waals surface area contributed by atoms with Crippen molar-refractivity contribution in [3.63, 3.8) is 0 Å². The van der Waals surface area contributed by atoms with E-state index in [1.807, 2.05) is 49.5 Å². The fourth-order valence-corrected chi connectivity index (χ4v) is 4.28. The number of thioether (sulfide) groups is 1. The second kappa shape index (κ2) is 13.9. The van der Waals surface area contributed by atoms with Crippen LogP contribution in [0.3, 0.4) is 0 Å². The number of amidine groups is 1. The number of ether oxygens (including phenoxy) is 2. The number of hydrogen-bond acceptors (Lipinski definition) is 7. The van der Waals surface area contributed by atoms with Crippen LogP contribution in [-0.4, -0.2) is 62.8 Å². The van der Waals surface area contributed by atoms with Crippen molar-refractivity contribution in [2.24, 2.45) is 4.99 Å². The quantitative estimate of drug-likeness (QED) is 0.308. The Kier molecular flexibility index (Phi) is 10.9. The van der Waals surface area contributed by atoms with Crippen LogP contribution < -0.4 is 5.32 Å². The van der Waals surface area contributed by atoms with Gasteiger partial charge in [0, 0.05) is 6.54 Å². The van der Waals surface area contributed by atoms with E-state index in [9.17, 15) is 4.79 Å². The number of likely N-dealkylation sites (N-methyl/N-ethyl adjacent to an activating group) is 1. The summed E-state index contributed by atoms with van der Waals surface area (Å²) in [5.74, 6) is -0.420. The second-order valence-corrected chi connectivity index (χ2v) is 9.92. The van der Waals surface area contributed by atoms with Crippen LogP contribution in [0.1, 0.15) is 23.6 Å². The molecule has 0 fully saturated rings. The SMILES string of the molecule is CSC1=NC(c2ccc(Cl)c(Cl)c2)C(C(=O)OCCCc2ccccc2)=C(COCCN(C)C)N1. The Bertz CT molecular complexity index is 1060. The van der Waals surface area contributed by atoms with Gasteiger partial charge in [0.1, 0.15) is 6.04 Å². The summed E-state index contributed by atoms with van der Waals surface area (Å²) in [5, 5.41) is 4.80. The van der Waals surface area contributed by atoms with Gasteiger partial charge >= 0.3 is 5.97 Å². The fraction of sp³-hybridized carbons (Fsp3) is 0.385. The van der Waals surface area contributed by atoms with E-state index in [4.69, 9.17) is 37.7 Å². The zero-order chi connectivity index (χ0) is 25.2. The maximum atomic E-state index is 13.4. The summed E-state index contributed by atoms with van der Waals surface area (Å²) in [6.45, 7) is 1.84. The molecule has 0 saturated heterocycles. The molecular weight excluding hydrogens is 505 g/mol. The van der Waals surface area contributed by atoms with Crippen molar-refractivity contribution in [1.82, 2.24) is 10.2 Å². The molecule has 1 N–H and O–H groups in total. The Morgan fingerprint density at radius 1 is 1.11 bits per heavy atom. The maximum Gasteiger partial charge on any atom is 0.338 e. The van der Waals surface area contributed by atoms with Crippen LogP contribution >= 0.6 is 35.0 Å². The summed E-state index contributed by atoms with van der Waals surface area (Å²) >= 11 is 13.9. The molecule has 6 nitrogen and oxygen atoms in total. The first-order chi connectivity index (χ1) is 16.9. The summed E-state index contributed by atoms with van der Waals surface area (Å²) < 4.78 is 11.6. The topological polar surface area (TPSA) is 63.2 Å². The molecule has 0 bridgehead atoms. The van der Waals surface area contributed by atoms with Crippen molar-refractivity contribution < 1.29 is 14.3 Å². The number of benzene rings is 2. The molecule has 2 aromatic carbocycles. The molecule has 0 aromatic heterocycles. The number of carbonyl (C=O) groups is 1. The predicted molar refractivity (Wildman–Crippen MR) is 145 cm³/mol. The van der Waals surface area contributed by atoms with E-state index >= 15 is 0 Å². The van der Waals surface area contributed by atoms with Crippen molar-refractivity contribution in [2.75, 3.05) is 46.7 Å². The predicted octanol–water partition coefficient (Wildman–Crippen LogP) is 5.37. The molecule has 9 heteroatoms. The summed E-state index contributed by atoms with van der Waals surface area (Å²) in [4.78, 5) is 20.2. The summed E-state index contributed by atoms with van der Waals surface area (Å²) in [6.07, 6.45) is 3.48. The van der Waals surface area contributed by atoms with Gasteiger partial charge in [0.15, 0.2) is 5.17 Å². The smallest absolute Gasteiger partial charge is 0.338 e. The van der Waals surface area contributed by atoms with Crippen molar-refractivity contribution in [1.29, 1.82) is 0 Å². The van der Waals surface area contributed by atoms with Gasteiger partial charge in [0.05, 0.1) is 41.1 Å². The minimum absolute atomic E-state index is 0.236. The number of nitrogens with zero attached hydrogens (tertiary/aromatic N) is 2. The molecule has 0 spiro atoms. The van der Waals surface area contributed by atoms with Crippen LogP contribution in [0.5, 0.6) is 0 Å². The average molecular weight is 537 g/mol. The minimum Gasteiger partial charge on any atom is -0.462 e. The van der Waals surface area contributed by atoms with Crippen molar-refractivity contribution in [2.45, 2.75) is 18.9 Å². The second-order valence-electron chi connectivity index (χ2n) is 8.31. The van der Waals surface area contributed by atoms with Crippen LogP contribution in [-0.2, 0) is 20.7 Å². The number of aryl methyl sites for hydroxylation is 1. The largest absolute Gasteiger partial charge is 0.462 e. The zero-order valence-electron chi connectivity index (χ0n) is 20.2. The molecule has 1 aliphatic rings. The van der Waals surface area contributed by atoms with Crippen molar-refractivity contribution in [3.8, 4) is 0 Å². The Balaban J connectivity index is 1.81. The molecule has 1 atom stereocenters. The molecule has 1 aliphatic heterocycles. The number of aliphatic imine (C=N–C) groups is 1. The van der Waals surface area contributed by atoms with Crippen LogP contribution in [0.2, 0.25) is 10.0 Å². The molecule has 0 saturated carbocycles. The Labute approximate surface area is 221 Å². The summed E-state index contributed by atoms with van der Waals surface area (Å²) in [6, 6.07) is 14.8. The van der Waals surface area contributed by atoms with E-state index in [1.54, 1.807) is 12.1 Å². The fourth-order valence-electron chi connectivity index (χ4n) is 3.54. The lowest BCUT2D eigenvalue weighted by Gasteiger charge is -2.27. The first kappa shape index (κ1) is 27.6. The van der Waals surface area contributed by atoms with Crippen LogP contribution in [0, 0.1) is 0 Å². The molecular formula is C26H31Cl2N3O3S. The highest BCUT2D eigenvalue weighted by molar-refractivity contribution is 8.13. The number of esters is 1. The first-order valence-corrected chi connectivity index (χ1v) is 13.4. The summed E-state index contributed by atoms with van der Waals surface area (Å²) in [5.41, 5.74) is 3.03. The molecule has 3 rings (SSSR count). The third-order valence-corrected chi connectivity index (χ3v) is 6.72. The normalized spacial score (nSPS) is 15.7. The highest BCUT2D eigenvalue weighted by Gasteiger charge is 2.32. The molecule has 0 radical (unpaired) electrons. The number of nitrogens with one attached hydrogen (secondary N) is 1. The molecule has 1 unspecified atom stereocenters. The number of rotatable bonds is 11. The monoisotopic (exact) mass is 535 g/mol. The average Bonchev–Trinajstić information content (AvgIpc) is 2.86. The van der Waals surface area contributed by atoms with Gasteiger partial charge in [-0.15, -0.1) is 0 Å². The molecule has 188 valence electrons. The summed E-state index contributed by atoms with van der Waals surface area (Å²) in [7, 11) is 3.97. The van der Waals surface area contributed by atoms with Gasteiger partial charge in [-0.2, -0.15) is 0 Å². The third kappa shape index (κ3) is 8.26. The van der Waals surface area contributed by atoms with Gasteiger partial charge in [-0.25, -0.2) is 9.79 Å². The minimum atomic E-state index is -0.581. The molecule has 35 heavy (non-hydrogen) atoms. The molecule has 0 amide bonds. The van der Waals surface area contributed by atoms with Crippen LogP contribution in [0.15, 0.2) is 64.8 Å². The van der Waals surface area contributed by atoms with Gasteiger partial charge in [-0.1, -0.05) is 71.4 Å². The number of hydrogen-bond donors (Lipinski definition) is 1. The van der Waals surface area contributed by atoms with Crippen molar-refractivity contribution in [3.05, 3.63) is 81.0 Å². The van der Waals surface area contributed by atoms with E-state index < -0.39 is 12.0 Å². The molecule has 2 aromatic rings. The lowest BCUT2D eigenvalue weighted by atomic mass is 9.96. The number of carbonyl (C=O) groups excluding carboxylic acids is 1. The standard InChI is InChI=1S/C26H31Cl2N3O3S/c1-31(2)13-15-33-17-22-23(25(32)34-14-7-10-18-8-5-4-6-9-18)24(30-26(29-22)35-3)19-11-12-20(27)21(28)16-19/h4-6,8-9,11-12,16,24H,7,10,13-15,17H2,1-3H3,(H,29,30). The van der Waals surface area contributed by atoms with Crippen LogP contribution in [0.25, 0.3) is 0 Å². The van der Waals surface area contributed by atoms with Crippen molar-refractivity contribution >= 4 is 46.1 Å². The highest BCUT2D eigenvalue weighted by Crippen LogP contribution is 2.35. The Morgan fingerprint density at radius 3 is 2.57 bits per heavy atom. The van der Waals surface area contributed by atoms with E-state index in [0.29, 0.717) is 39.7 Å². The van der Waals surface area contributed by atoms with Gasteiger partial charge in [0.25, 0.3) is 0 Å². The molecule has 1 heterocycles. The molecule has 0 aliphatic carbocycles. The highest BCUT2D eigenvalue weighted by atomic mass is 35.5. The van der Waals surface area contributed by atoms with Gasteiger partial charge in [0.2, 0.25) is 0 Å². The zero-order valence-corrected chi connectivity index (χ0v) is 22.6. The van der Waals surface area contributed by atoms with Gasteiger partial charge < -0.3 is 19.7 Å². The maximum absolute atomic E-state index is 13.4. The van der Waals surface area contributed by atoms with E-state index in [-0.39, 0.29) is 6.61 Å². The van der Waals surface area contributed by atoms with Gasteiger partial charge in [-0.3, -0.25) is 0 Å². The van der Waals surface area contributed by atoms with Gasteiger partial charge in [-0.05, 0) is 56.5 Å². The van der Waals surface area contributed by atoms with E-state index in [2.05, 4.69) is 17.4 Å². The van der Waals surface area contributed by atoms with E-state index in [1.165, 1.54) is 17.3 Å². The lowest BCUT2D eigenvalue weighted by Crippen LogP contribution is -2.34. The van der Waals surface area contributed by atoms with Crippen LogP contribution in [0.4, 0.5) is 0 Å². The third-order valence-electron chi connectivity index (χ3n) is 5.39.